The van der Waals surface area contributed by atoms with Gasteiger partial charge in [0.05, 0.1) is 0 Å². The zero-order valence-corrected chi connectivity index (χ0v) is 8.59. The van der Waals surface area contributed by atoms with Gasteiger partial charge in [0.15, 0.2) is 0 Å². The van der Waals surface area contributed by atoms with Crippen molar-refractivity contribution in [2.24, 2.45) is 11.8 Å². The van der Waals surface area contributed by atoms with Gasteiger partial charge in [-0.15, -0.1) is 0 Å². The zero-order valence-electron chi connectivity index (χ0n) is 8.59. The molecule has 1 saturated carbocycles. The van der Waals surface area contributed by atoms with Gasteiger partial charge in [0.2, 0.25) is 0 Å². The molecule has 0 bridgehead atoms. The molecule has 0 radical (unpaired) electrons. The van der Waals surface area contributed by atoms with E-state index >= 15 is 0 Å². The van der Waals surface area contributed by atoms with Gasteiger partial charge in [0, 0.05) is 0 Å². The fourth-order valence-corrected chi connectivity index (χ4v) is 2.67. The number of nitrogens with one attached hydrogen (secondary N) is 2. The summed E-state index contributed by atoms with van der Waals surface area (Å²) in [6, 6.07) is -0.337. The van der Waals surface area contributed by atoms with Gasteiger partial charge < -0.3 is 5.32 Å². The Kier molecular flexibility index (Phi) is 2.01. The van der Waals surface area contributed by atoms with Crippen LogP contribution in [0, 0.1) is 11.8 Å². The van der Waals surface area contributed by atoms with E-state index in [-0.39, 0.29) is 17.9 Å². The largest absolute Gasteiger partial charge is 0.323 e. The summed E-state index contributed by atoms with van der Waals surface area (Å²) < 4.78 is 0. The highest BCUT2D eigenvalue weighted by molar-refractivity contribution is 6.07. The lowest BCUT2D eigenvalue weighted by atomic mass is 9.68. The molecule has 0 aromatic rings. The Morgan fingerprint density at radius 2 is 2.07 bits per heavy atom. The van der Waals surface area contributed by atoms with Gasteiger partial charge in [-0.2, -0.15) is 0 Å². The normalized spacial score (nSPS) is 42.4. The minimum absolute atomic E-state index is 0.137. The van der Waals surface area contributed by atoms with Crippen LogP contribution in [-0.4, -0.2) is 17.5 Å². The molecule has 1 spiro atoms. The van der Waals surface area contributed by atoms with Crippen molar-refractivity contribution in [2.45, 2.75) is 38.6 Å². The van der Waals surface area contributed by atoms with Crippen molar-refractivity contribution >= 4 is 11.9 Å². The first-order chi connectivity index (χ1) is 6.56. The summed E-state index contributed by atoms with van der Waals surface area (Å²) in [7, 11) is 0. The van der Waals surface area contributed by atoms with Gasteiger partial charge in [-0.25, -0.2) is 4.79 Å². The lowest BCUT2D eigenvalue weighted by molar-refractivity contribution is -0.127. The number of hydrogen-bond donors (Lipinski definition) is 2. The lowest BCUT2D eigenvalue weighted by Crippen LogP contribution is -2.55. The molecule has 1 aliphatic heterocycles. The van der Waals surface area contributed by atoms with Crippen LogP contribution in [0.15, 0.2) is 0 Å². The van der Waals surface area contributed by atoms with E-state index in [2.05, 4.69) is 24.5 Å². The number of hydrogen-bond acceptors (Lipinski definition) is 2. The Morgan fingerprint density at radius 1 is 1.36 bits per heavy atom. The summed E-state index contributed by atoms with van der Waals surface area (Å²) in [5.41, 5.74) is -0.616. The van der Waals surface area contributed by atoms with E-state index in [9.17, 15) is 9.59 Å². The molecule has 1 aliphatic carbocycles. The molecule has 1 heterocycles. The Balaban J connectivity index is 2.29. The molecule has 2 N–H and O–H groups in total. The molecule has 2 fully saturated rings. The van der Waals surface area contributed by atoms with Gasteiger partial charge in [0.1, 0.15) is 5.54 Å². The van der Waals surface area contributed by atoms with Crippen LogP contribution in [0.3, 0.4) is 0 Å². The zero-order chi connectivity index (χ0) is 10.3. The van der Waals surface area contributed by atoms with Crippen molar-refractivity contribution in [1.29, 1.82) is 0 Å². The topological polar surface area (TPSA) is 58.2 Å². The summed E-state index contributed by atoms with van der Waals surface area (Å²) in [6.45, 7) is 4.19. The highest BCUT2D eigenvalue weighted by atomic mass is 16.2. The van der Waals surface area contributed by atoms with Crippen molar-refractivity contribution in [2.75, 3.05) is 0 Å². The number of amides is 3. The average molecular weight is 196 g/mol. The third-order valence-electron chi connectivity index (χ3n) is 3.83. The van der Waals surface area contributed by atoms with Crippen molar-refractivity contribution < 1.29 is 9.59 Å². The number of rotatable bonds is 0. The van der Waals surface area contributed by atoms with Crippen molar-refractivity contribution in [3.8, 4) is 0 Å². The molecule has 4 heteroatoms. The first-order valence-corrected chi connectivity index (χ1v) is 5.20. The quantitative estimate of drug-likeness (QED) is 0.568. The SMILES string of the molecule is CC1CCCC2(NC(=O)NC2=O)C1C. The summed E-state index contributed by atoms with van der Waals surface area (Å²) in [5.74, 6) is 0.581. The maximum atomic E-state index is 11.7. The summed E-state index contributed by atoms with van der Waals surface area (Å²) in [4.78, 5) is 22.9. The van der Waals surface area contributed by atoms with E-state index in [1.807, 2.05) is 0 Å². The van der Waals surface area contributed by atoms with E-state index in [4.69, 9.17) is 0 Å². The van der Waals surface area contributed by atoms with Gasteiger partial charge in [-0.1, -0.05) is 26.7 Å². The Hall–Kier alpha value is -1.06. The predicted octanol–water partition coefficient (Wildman–Crippen LogP) is 1.02. The highest BCUT2D eigenvalue weighted by Crippen LogP contribution is 2.39. The Bertz CT molecular complexity index is 290. The number of carbonyl (C=O) groups is 2. The van der Waals surface area contributed by atoms with E-state index in [1.165, 1.54) is 0 Å². The maximum absolute atomic E-state index is 11.7. The number of imide groups is 1. The molecular formula is C10H16N2O2. The predicted molar refractivity (Wildman–Crippen MR) is 51.6 cm³/mol. The van der Waals surface area contributed by atoms with Gasteiger partial charge >= 0.3 is 6.03 Å². The van der Waals surface area contributed by atoms with Crippen LogP contribution < -0.4 is 10.6 Å². The molecule has 3 amide bonds. The highest BCUT2D eigenvalue weighted by Gasteiger charge is 2.52. The molecule has 0 aromatic heterocycles. The van der Waals surface area contributed by atoms with Gasteiger partial charge in [-0.3, -0.25) is 10.1 Å². The van der Waals surface area contributed by atoms with E-state index in [0.717, 1.165) is 19.3 Å². The second kappa shape index (κ2) is 2.97. The molecule has 2 rings (SSSR count). The standard InChI is InChI=1S/C10H16N2O2/c1-6-4-3-5-10(7(6)2)8(13)11-9(14)12-10/h6-7H,3-5H2,1-2H3,(H2,11,12,13,14). The van der Waals surface area contributed by atoms with Crippen molar-refractivity contribution in [1.82, 2.24) is 10.6 Å². The molecule has 3 atom stereocenters. The van der Waals surface area contributed by atoms with Crippen LogP contribution in [0.2, 0.25) is 0 Å². The molecule has 2 aliphatic rings. The fourth-order valence-electron chi connectivity index (χ4n) is 2.67. The van der Waals surface area contributed by atoms with Crippen LogP contribution in [-0.2, 0) is 4.79 Å². The third kappa shape index (κ3) is 1.13. The fraction of sp³-hybridized carbons (Fsp3) is 0.800. The molecule has 14 heavy (non-hydrogen) atoms. The second-order valence-corrected chi connectivity index (χ2v) is 4.54. The van der Waals surface area contributed by atoms with E-state index < -0.39 is 5.54 Å². The summed E-state index contributed by atoms with van der Waals surface area (Å²) in [5, 5.41) is 5.14. The molecule has 78 valence electrons. The first kappa shape index (κ1) is 9.49. The maximum Gasteiger partial charge on any atom is 0.322 e. The summed E-state index contributed by atoms with van der Waals surface area (Å²) in [6.07, 6.45) is 2.93. The van der Waals surface area contributed by atoms with Crippen molar-refractivity contribution in [3.63, 3.8) is 0 Å². The molecule has 0 aromatic carbocycles. The van der Waals surface area contributed by atoms with Crippen LogP contribution in [0.5, 0.6) is 0 Å². The van der Waals surface area contributed by atoms with Gasteiger partial charge in [-0.05, 0) is 18.3 Å². The minimum atomic E-state index is -0.616. The molecule has 3 unspecified atom stereocenters. The van der Waals surface area contributed by atoms with Gasteiger partial charge in [0.25, 0.3) is 5.91 Å². The van der Waals surface area contributed by atoms with Crippen molar-refractivity contribution in [3.05, 3.63) is 0 Å². The lowest BCUT2D eigenvalue weighted by Gasteiger charge is -2.40. The minimum Gasteiger partial charge on any atom is -0.323 e. The smallest absolute Gasteiger partial charge is 0.322 e. The monoisotopic (exact) mass is 196 g/mol. The Labute approximate surface area is 83.4 Å². The summed E-state index contributed by atoms with van der Waals surface area (Å²) >= 11 is 0. The third-order valence-corrected chi connectivity index (χ3v) is 3.83. The van der Waals surface area contributed by atoms with E-state index in [1.54, 1.807) is 0 Å². The second-order valence-electron chi connectivity index (χ2n) is 4.54. The number of carbonyl (C=O) groups excluding carboxylic acids is 2. The average Bonchev–Trinajstić information content (AvgIpc) is 2.39. The molecule has 1 saturated heterocycles. The molecular weight excluding hydrogens is 180 g/mol. The van der Waals surface area contributed by atoms with E-state index in [0.29, 0.717) is 5.92 Å². The van der Waals surface area contributed by atoms with Crippen LogP contribution in [0.1, 0.15) is 33.1 Å². The number of urea groups is 1. The first-order valence-electron chi connectivity index (χ1n) is 5.20. The van der Waals surface area contributed by atoms with Crippen LogP contribution in [0.4, 0.5) is 4.79 Å². The van der Waals surface area contributed by atoms with Crippen LogP contribution >= 0.6 is 0 Å². The Morgan fingerprint density at radius 3 is 2.64 bits per heavy atom. The molecule has 4 nitrogen and oxygen atoms in total. The van der Waals surface area contributed by atoms with Crippen LogP contribution in [0.25, 0.3) is 0 Å².